The van der Waals surface area contributed by atoms with Crippen LogP contribution in [0.15, 0.2) is 10.6 Å². The van der Waals surface area contributed by atoms with Gasteiger partial charge in [-0.15, -0.1) is 11.3 Å². The second kappa shape index (κ2) is 6.23. The van der Waals surface area contributed by atoms with Crippen molar-refractivity contribution in [3.05, 3.63) is 27.5 Å². The van der Waals surface area contributed by atoms with Gasteiger partial charge in [0.25, 0.3) is 5.91 Å². The molecule has 0 radical (unpaired) electrons. The van der Waals surface area contributed by atoms with Crippen molar-refractivity contribution < 1.29 is 22.8 Å². The van der Waals surface area contributed by atoms with Gasteiger partial charge in [0.2, 0.25) is 5.89 Å². The number of likely N-dealkylation sites (tertiary alicyclic amines) is 1. The number of aryl methyl sites for hydroxylation is 2. The van der Waals surface area contributed by atoms with E-state index in [2.05, 4.69) is 14.9 Å². The van der Waals surface area contributed by atoms with Crippen LogP contribution in [0.3, 0.4) is 0 Å². The fraction of sp³-hybridized carbons (Fsp3) is 0.500. The van der Waals surface area contributed by atoms with E-state index >= 15 is 0 Å². The molecule has 2 aromatic rings. The number of aromatic nitrogens is 2. The fourth-order valence-electron chi connectivity index (χ4n) is 2.59. The second-order valence-electron chi connectivity index (χ2n) is 5.35. The summed E-state index contributed by atoms with van der Waals surface area (Å²) >= 11 is 1.15. The molecule has 1 amide bonds. The van der Waals surface area contributed by atoms with Crippen molar-refractivity contribution in [2.75, 3.05) is 13.1 Å². The van der Waals surface area contributed by atoms with Gasteiger partial charge >= 0.3 is 6.61 Å². The van der Waals surface area contributed by atoms with E-state index in [1.807, 2.05) is 0 Å². The third-order valence-electron chi connectivity index (χ3n) is 3.60. The summed E-state index contributed by atoms with van der Waals surface area (Å²) in [6, 6.07) is 1.46. The smallest absolute Gasteiger partial charge is 0.387 e. The number of halogens is 2. The molecule has 1 aliphatic heterocycles. The summed E-state index contributed by atoms with van der Waals surface area (Å²) < 4.78 is 34.5. The highest BCUT2D eigenvalue weighted by Crippen LogP contribution is 2.34. The lowest BCUT2D eigenvalue weighted by atomic mass is 10.1. The number of rotatable bonds is 4. The van der Waals surface area contributed by atoms with E-state index in [-0.39, 0.29) is 22.5 Å². The second-order valence-corrected chi connectivity index (χ2v) is 6.60. The summed E-state index contributed by atoms with van der Waals surface area (Å²) in [7, 11) is 0. The average molecular weight is 343 g/mol. The zero-order valence-corrected chi connectivity index (χ0v) is 13.4. The van der Waals surface area contributed by atoms with Crippen LogP contribution in [0, 0.1) is 13.8 Å². The van der Waals surface area contributed by atoms with Crippen molar-refractivity contribution in [3.8, 4) is 5.75 Å². The van der Waals surface area contributed by atoms with Crippen molar-refractivity contribution in [2.24, 2.45) is 0 Å². The number of carbonyl (C=O) groups excluding carboxylic acids is 1. The molecule has 3 rings (SSSR count). The normalized spacial score (nSPS) is 18.0. The fourth-order valence-corrected chi connectivity index (χ4v) is 3.50. The molecular formula is C14H15F2N3O3S. The van der Waals surface area contributed by atoms with Gasteiger partial charge in [-0.3, -0.25) is 4.79 Å². The van der Waals surface area contributed by atoms with E-state index in [0.29, 0.717) is 31.2 Å². The molecule has 0 aromatic carbocycles. The number of ether oxygens (including phenoxy) is 1. The van der Waals surface area contributed by atoms with Crippen LogP contribution in [-0.2, 0) is 0 Å². The molecule has 1 atom stereocenters. The third-order valence-corrected chi connectivity index (χ3v) is 4.62. The molecule has 2 aromatic heterocycles. The minimum absolute atomic E-state index is 0.0272. The number of alkyl halides is 2. The van der Waals surface area contributed by atoms with Gasteiger partial charge in [-0.1, -0.05) is 5.16 Å². The summed E-state index contributed by atoms with van der Waals surface area (Å²) in [5.41, 5.74) is 0. The first kappa shape index (κ1) is 15.9. The van der Waals surface area contributed by atoms with Crippen LogP contribution in [0.25, 0.3) is 0 Å². The topological polar surface area (TPSA) is 68.5 Å². The monoisotopic (exact) mass is 343 g/mol. The predicted molar refractivity (Wildman–Crippen MR) is 78.0 cm³/mol. The van der Waals surface area contributed by atoms with Gasteiger partial charge < -0.3 is 14.2 Å². The molecule has 3 heterocycles. The van der Waals surface area contributed by atoms with Gasteiger partial charge in [0, 0.05) is 18.0 Å². The Hall–Kier alpha value is -2.03. The molecule has 1 saturated heterocycles. The molecule has 9 heteroatoms. The van der Waals surface area contributed by atoms with Gasteiger partial charge in [-0.25, -0.2) is 0 Å². The minimum Gasteiger partial charge on any atom is -0.433 e. The highest BCUT2D eigenvalue weighted by Gasteiger charge is 2.33. The summed E-state index contributed by atoms with van der Waals surface area (Å²) in [5.74, 6) is 0.651. The van der Waals surface area contributed by atoms with Crippen molar-refractivity contribution in [1.82, 2.24) is 15.0 Å². The molecular weight excluding hydrogens is 328 g/mol. The summed E-state index contributed by atoms with van der Waals surface area (Å²) in [6.07, 6.45) is 0.697. The molecule has 23 heavy (non-hydrogen) atoms. The van der Waals surface area contributed by atoms with Crippen LogP contribution < -0.4 is 4.74 Å². The Morgan fingerprint density at radius 3 is 2.96 bits per heavy atom. The lowest BCUT2D eigenvalue weighted by molar-refractivity contribution is -0.0499. The third kappa shape index (κ3) is 3.34. The first-order valence-electron chi connectivity index (χ1n) is 7.08. The summed E-state index contributed by atoms with van der Waals surface area (Å²) in [4.78, 5) is 19.3. The van der Waals surface area contributed by atoms with Crippen LogP contribution >= 0.6 is 11.3 Å². The van der Waals surface area contributed by atoms with Crippen molar-refractivity contribution >= 4 is 17.2 Å². The molecule has 0 N–H and O–H groups in total. The summed E-state index contributed by atoms with van der Waals surface area (Å²) in [5, 5.41) is 3.75. The Kier molecular flexibility index (Phi) is 4.29. The van der Waals surface area contributed by atoms with Crippen molar-refractivity contribution in [2.45, 2.75) is 32.8 Å². The van der Waals surface area contributed by atoms with E-state index in [1.165, 1.54) is 6.07 Å². The Balaban J connectivity index is 1.74. The van der Waals surface area contributed by atoms with Gasteiger partial charge in [-0.2, -0.15) is 13.8 Å². The Morgan fingerprint density at radius 2 is 2.30 bits per heavy atom. The van der Waals surface area contributed by atoms with E-state index in [0.717, 1.165) is 16.2 Å². The minimum atomic E-state index is -2.96. The zero-order chi connectivity index (χ0) is 16.6. The molecule has 0 spiro atoms. The summed E-state index contributed by atoms with van der Waals surface area (Å²) in [6.45, 7) is 1.45. The van der Waals surface area contributed by atoms with E-state index < -0.39 is 6.61 Å². The largest absolute Gasteiger partial charge is 0.433 e. The van der Waals surface area contributed by atoms with Gasteiger partial charge in [-0.05, 0) is 26.3 Å². The molecule has 0 aliphatic carbocycles. The van der Waals surface area contributed by atoms with Crippen LogP contribution in [0.5, 0.6) is 5.75 Å². The van der Waals surface area contributed by atoms with Gasteiger partial charge in [0.1, 0.15) is 10.6 Å². The number of hydrogen-bond donors (Lipinski definition) is 0. The lowest BCUT2D eigenvalue weighted by Gasteiger charge is -2.15. The van der Waals surface area contributed by atoms with E-state index in [9.17, 15) is 13.6 Å². The number of hydrogen-bond acceptors (Lipinski definition) is 6. The van der Waals surface area contributed by atoms with Crippen LogP contribution in [0.4, 0.5) is 8.78 Å². The maximum absolute atomic E-state index is 12.6. The first-order valence-corrected chi connectivity index (χ1v) is 7.90. The molecule has 1 unspecified atom stereocenters. The molecule has 0 bridgehead atoms. The number of carbonyl (C=O) groups is 1. The maximum Gasteiger partial charge on any atom is 0.387 e. The van der Waals surface area contributed by atoms with E-state index in [1.54, 1.807) is 18.7 Å². The van der Waals surface area contributed by atoms with Crippen molar-refractivity contribution in [3.63, 3.8) is 0 Å². The van der Waals surface area contributed by atoms with Crippen LogP contribution in [-0.4, -0.2) is 40.6 Å². The number of thiophene rings is 1. The Bertz CT molecular complexity index is 716. The van der Waals surface area contributed by atoms with Gasteiger partial charge in [0.05, 0.1) is 5.92 Å². The quantitative estimate of drug-likeness (QED) is 0.854. The van der Waals surface area contributed by atoms with Gasteiger partial charge in [0.15, 0.2) is 5.82 Å². The number of nitrogens with zero attached hydrogens (tertiary/aromatic N) is 3. The Morgan fingerprint density at radius 1 is 1.52 bits per heavy atom. The zero-order valence-electron chi connectivity index (χ0n) is 12.6. The highest BCUT2D eigenvalue weighted by molar-refractivity contribution is 7.14. The Labute approximate surface area is 135 Å². The predicted octanol–water partition coefficient (Wildman–Crippen LogP) is 2.98. The molecule has 1 aliphatic rings. The standard InChI is InChI=1S/C14H15F2N3O3S/c1-7-5-10(21-14(15)16)11(23-7)13(20)19-4-3-9(6-19)12-17-8(2)18-22-12/h5,9,14H,3-4,6H2,1-2H3. The maximum atomic E-state index is 12.6. The van der Waals surface area contributed by atoms with E-state index in [4.69, 9.17) is 4.52 Å². The first-order chi connectivity index (χ1) is 10.9. The molecule has 6 nitrogen and oxygen atoms in total. The van der Waals surface area contributed by atoms with Crippen LogP contribution in [0.1, 0.15) is 38.6 Å². The number of amides is 1. The average Bonchev–Trinajstić information content (AvgIpc) is 3.17. The lowest BCUT2D eigenvalue weighted by Crippen LogP contribution is -2.28. The highest BCUT2D eigenvalue weighted by atomic mass is 32.1. The van der Waals surface area contributed by atoms with Crippen LogP contribution in [0.2, 0.25) is 0 Å². The molecule has 124 valence electrons. The molecule has 1 fully saturated rings. The molecule has 0 saturated carbocycles. The van der Waals surface area contributed by atoms with Crippen molar-refractivity contribution in [1.29, 1.82) is 0 Å². The SMILES string of the molecule is Cc1noc(C2CCN(C(=O)c3sc(C)cc3OC(F)F)C2)n1.